The summed E-state index contributed by atoms with van der Waals surface area (Å²) in [5.41, 5.74) is 0.894. The van der Waals surface area contributed by atoms with E-state index in [4.69, 9.17) is 0 Å². The van der Waals surface area contributed by atoms with E-state index < -0.39 is 0 Å². The van der Waals surface area contributed by atoms with Crippen molar-refractivity contribution in [3.05, 3.63) is 0 Å². The first-order valence-corrected chi connectivity index (χ1v) is 13.6. The Hall–Kier alpha value is -1.14. The summed E-state index contributed by atoms with van der Waals surface area (Å²) in [5.74, 6) is 0.728. The van der Waals surface area contributed by atoms with Gasteiger partial charge >= 0.3 is 0 Å². The highest BCUT2D eigenvalue weighted by Crippen LogP contribution is 2.38. The van der Waals surface area contributed by atoms with E-state index in [-0.39, 0.29) is 21.9 Å². The minimum Gasteiger partial charge on any atom is -0.337 e. The monoisotopic (exact) mass is 476 g/mol. The van der Waals surface area contributed by atoms with E-state index in [2.05, 4.69) is 88.8 Å². The molecule has 0 aromatic rings. The average molecular weight is 477 g/mol. The predicted octanol–water partition coefficient (Wildman–Crippen LogP) is 4.24. The van der Waals surface area contributed by atoms with E-state index in [1.54, 1.807) is 0 Å². The Morgan fingerprint density at radius 3 is 1.18 bits per heavy atom. The Morgan fingerprint density at radius 2 is 0.882 bits per heavy atom. The maximum atomic E-state index is 11.7. The number of amides is 2. The van der Waals surface area contributed by atoms with E-state index in [1.165, 1.54) is 0 Å². The molecule has 0 aromatic heterocycles. The third kappa shape index (κ3) is 5.18. The Balaban J connectivity index is 0.000000191. The second kappa shape index (κ2) is 9.38. The van der Waals surface area contributed by atoms with Crippen LogP contribution < -0.4 is 0 Å². The van der Waals surface area contributed by atoms with Gasteiger partial charge in [0.1, 0.15) is 0 Å². The van der Waals surface area contributed by atoms with Crippen LogP contribution in [-0.2, 0) is 9.59 Å². The fraction of sp³-hybridized carbons (Fsp3) is 0.929. The fourth-order valence-corrected chi connectivity index (χ4v) is 5.69. The van der Waals surface area contributed by atoms with Crippen molar-refractivity contribution in [3.63, 3.8) is 0 Å². The number of fused-ring (bicyclic) bond motifs is 2. The van der Waals surface area contributed by atoms with Gasteiger partial charge in [0.05, 0.1) is 0 Å². The zero-order chi connectivity index (χ0) is 25.7. The molecule has 34 heavy (non-hydrogen) atoms. The molecule has 6 heteroatoms. The second-order valence-electron chi connectivity index (χ2n) is 14.1. The summed E-state index contributed by atoms with van der Waals surface area (Å²) in [6, 6.07) is 0.941. The molecule has 2 atom stereocenters. The lowest BCUT2D eigenvalue weighted by molar-refractivity contribution is -0.133. The highest BCUT2D eigenvalue weighted by atomic mass is 16.2. The molecule has 4 saturated heterocycles. The summed E-state index contributed by atoms with van der Waals surface area (Å²) in [6.07, 6.45) is 3.62. The van der Waals surface area contributed by atoms with Gasteiger partial charge in [-0.05, 0) is 51.4 Å². The Morgan fingerprint density at radius 1 is 0.559 bits per heavy atom. The highest BCUT2D eigenvalue weighted by Gasteiger charge is 2.45. The van der Waals surface area contributed by atoms with Gasteiger partial charge in [-0.25, -0.2) is 0 Å². The zero-order valence-corrected chi connectivity index (χ0v) is 23.8. The first-order chi connectivity index (χ1) is 15.5. The first-order valence-electron chi connectivity index (χ1n) is 13.6. The number of carbonyl (C=O) groups is 2. The molecule has 196 valence electrons. The number of nitrogens with zero attached hydrogens (tertiary/aromatic N) is 4. The third-order valence-electron chi connectivity index (χ3n) is 10.2. The van der Waals surface area contributed by atoms with Crippen LogP contribution in [0.25, 0.3) is 0 Å². The van der Waals surface area contributed by atoms with Crippen molar-refractivity contribution < 1.29 is 9.59 Å². The molecule has 4 aliphatic rings. The summed E-state index contributed by atoms with van der Waals surface area (Å²) in [5, 5.41) is 0. The van der Waals surface area contributed by atoms with E-state index in [1.807, 2.05) is 0 Å². The maximum Gasteiger partial charge on any atom is 0.222 e. The predicted molar refractivity (Wildman–Crippen MR) is 140 cm³/mol. The molecule has 0 spiro atoms. The van der Waals surface area contributed by atoms with Gasteiger partial charge in [-0.2, -0.15) is 0 Å². The molecule has 0 aromatic carbocycles. The van der Waals surface area contributed by atoms with Gasteiger partial charge in [0, 0.05) is 75.3 Å². The summed E-state index contributed by atoms with van der Waals surface area (Å²) < 4.78 is 0. The summed E-state index contributed by atoms with van der Waals surface area (Å²) >= 11 is 0. The van der Waals surface area contributed by atoms with Crippen molar-refractivity contribution in [1.29, 1.82) is 0 Å². The minimum absolute atomic E-state index is 0.185. The lowest BCUT2D eigenvalue weighted by Gasteiger charge is -2.52. The van der Waals surface area contributed by atoms with Crippen LogP contribution in [0.4, 0.5) is 0 Å². The SMILES string of the molecule is CC(C)(C)C(C)(C)N1CCN2C(=O)CC[C@@H]2C1.CC(C)(C)C(C)(C)N1CCN2C(=O)CC[C@H]2C1. The van der Waals surface area contributed by atoms with Gasteiger partial charge in [0.2, 0.25) is 11.8 Å². The fourth-order valence-electron chi connectivity index (χ4n) is 5.69. The number of piperazine rings is 2. The zero-order valence-electron chi connectivity index (χ0n) is 23.8. The lowest BCUT2D eigenvalue weighted by atomic mass is 9.74. The molecule has 0 saturated carbocycles. The molecule has 4 rings (SSSR count). The van der Waals surface area contributed by atoms with Crippen LogP contribution in [0.1, 0.15) is 94.9 Å². The normalized spacial score (nSPS) is 27.5. The second-order valence-corrected chi connectivity index (χ2v) is 14.1. The molecule has 0 bridgehead atoms. The van der Waals surface area contributed by atoms with Gasteiger partial charge < -0.3 is 9.80 Å². The van der Waals surface area contributed by atoms with Gasteiger partial charge in [0.15, 0.2) is 0 Å². The smallest absolute Gasteiger partial charge is 0.222 e. The van der Waals surface area contributed by atoms with Crippen LogP contribution in [0.2, 0.25) is 0 Å². The van der Waals surface area contributed by atoms with Gasteiger partial charge in [-0.1, -0.05) is 41.5 Å². The van der Waals surface area contributed by atoms with Crippen molar-refractivity contribution in [1.82, 2.24) is 19.6 Å². The molecular weight excluding hydrogens is 424 g/mol. The topological polar surface area (TPSA) is 47.1 Å². The minimum atomic E-state index is 0.185. The Labute approximate surface area is 209 Å². The summed E-state index contributed by atoms with van der Waals surface area (Å²) in [7, 11) is 0. The summed E-state index contributed by atoms with van der Waals surface area (Å²) in [4.78, 5) is 32.7. The van der Waals surface area contributed by atoms with Crippen molar-refractivity contribution in [2.45, 2.75) is 118 Å². The van der Waals surface area contributed by atoms with Crippen LogP contribution in [0, 0.1) is 10.8 Å². The number of rotatable bonds is 2. The number of hydrogen-bond acceptors (Lipinski definition) is 4. The third-order valence-corrected chi connectivity index (χ3v) is 10.2. The van der Waals surface area contributed by atoms with E-state index >= 15 is 0 Å². The molecule has 0 aliphatic carbocycles. The molecule has 0 radical (unpaired) electrons. The maximum absolute atomic E-state index is 11.7. The van der Waals surface area contributed by atoms with Gasteiger partial charge in [-0.15, -0.1) is 0 Å². The van der Waals surface area contributed by atoms with Gasteiger partial charge in [0.25, 0.3) is 0 Å². The van der Waals surface area contributed by atoms with Crippen LogP contribution in [-0.4, -0.2) is 93.8 Å². The molecule has 0 N–H and O–H groups in total. The molecule has 4 heterocycles. The van der Waals surface area contributed by atoms with Crippen molar-refractivity contribution in [2.24, 2.45) is 10.8 Å². The highest BCUT2D eigenvalue weighted by molar-refractivity contribution is 5.79. The quantitative estimate of drug-likeness (QED) is 0.598. The van der Waals surface area contributed by atoms with E-state index in [0.717, 1.165) is 65.0 Å². The molecular formula is C28H52N4O2. The van der Waals surface area contributed by atoms with E-state index in [9.17, 15) is 9.59 Å². The van der Waals surface area contributed by atoms with E-state index in [0.29, 0.717) is 23.9 Å². The molecule has 4 fully saturated rings. The average Bonchev–Trinajstić information content (AvgIpc) is 3.29. The van der Waals surface area contributed by atoms with Crippen LogP contribution in [0.3, 0.4) is 0 Å². The number of carbonyl (C=O) groups excluding carboxylic acids is 2. The number of hydrogen-bond donors (Lipinski definition) is 0. The van der Waals surface area contributed by atoms with Crippen LogP contribution in [0.15, 0.2) is 0 Å². The lowest BCUT2D eigenvalue weighted by Crippen LogP contribution is -2.61. The summed E-state index contributed by atoms with van der Waals surface area (Å²) in [6.45, 7) is 29.1. The standard InChI is InChI=1S/2C14H26N2O/c2*1-13(2,3)14(4,5)15-8-9-16-11(10-15)6-7-12(16)17/h2*11H,6-10H2,1-5H3/t2*11-/m10/s1. The van der Waals surface area contributed by atoms with Crippen molar-refractivity contribution in [3.8, 4) is 0 Å². The molecule has 4 aliphatic heterocycles. The van der Waals surface area contributed by atoms with Crippen LogP contribution >= 0.6 is 0 Å². The first kappa shape index (κ1) is 27.4. The van der Waals surface area contributed by atoms with Crippen molar-refractivity contribution >= 4 is 11.8 Å². The molecule has 2 amide bonds. The molecule has 0 unspecified atom stereocenters. The van der Waals surface area contributed by atoms with Crippen molar-refractivity contribution in [2.75, 3.05) is 39.3 Å². The molecule has 6 nitrogen and oxygen atoms in total. The van der Waals surface area contributed by atoms with Gasteiger partial charge in [-0.3, -0.25) is 19.4 Å². The largest absolute Gasteiger partial charge is 0.337 e. The Bertz CT molecular complexity index is 697. The van der Waals surface area contributed by atoms with Crippen LogP contribution in [0.5, 0.6) is 0 Å². The Kier molecular flexibility index (Phi) is 7.58.